The Morgan fingerprint density at radius 1 is 1.44 bits per heavy atom. The topological polar surface area (TPSA) is 55.1 Å². The summed E-state index contributed by atoms with van der Waals surface area (Å²) >= 11 is 0. The van der Waals surface area contributed by atoms with Crippen LogP contribution in [0.15, 0.2) is 18.2 Å². The van der Waals surface area contributed by atoms with Gasteiger partial charge in [-0.15, -0.1) is 0 Å². The van der Waals surface area contributed by atoms with Crippen LogP contribution in [0, 0.1) is 0 Å². The van der Waals surface area contributed by atoms with E-state index >= 15 is 0 Å². The van der Waals surface area contributed by atoms with Gasteiger partial charge < -0.3 is 11.1 Å². The first-order valence-electron chi connectivity index (χ1n) is 5.89. The van der Waals surface area contributed by atoms with Crippen LogP contribution in [-0.4, -0.2) is 11.9 Å². The van der Waals surface area contributed by atoms with Crippen molar-refractivity contribution in [1.29, 1.82) is 0 Å². The van der Waals surface area contributed by atoms with Crippen LogP contribution < -0.4 is 11.1 Å². The molecule has 0 spiro atoms. The Hall–Kier alpha value is -1.35. The number of nitrogens with two attached hydrogens (primary N) is 1. The molecule has 0 bridgehead atoms. The third-order valence-corrected chi connectivity index (χ3v) is 3.14. The highest BCUT2D eigenvalue weighted by atomic mass is 16.2. The molecular weight excluding hydrogens is 200 g/mol. The third-order valence-electron chi connectivity index (χ3n) is 3.14. The molecule has 1 aliphatic carbocycles. The highest BCUT2D eigenvalue weighted by Crippen LogP contribution is 2.24. The molecule has 0 saturated carbocycles. The summed E-state index contributed by atoms with van der Waals surface area (Å²) in [6, 6.07) is 5.73. The number of amides is 1. The lowest BCUT2D eigenvalue weighted by atomic mass is 10.1. The summed E-state index contributed by atoms with van der Waals surface area (Å²) in [5, 5.41) is 2.86. The fourth-order valence-corrected chi connectivity index (χ4v) is 2.07. The molecule has 1 aromatic rings. The molecule has 3 N–H and O–H groups in total. The molecule has 16 heavy (non-hydrogen) atoms. The Morgan fingerprint density at radius 3 is 2.94 bits per heavy atom. The molecule has 1 aliphatic rings. The summed E-state index contributed by atoms with van der Waals surface area (Å²) in [6.45, 7) is 1.91. The van der Waals surface area contributed by atoms with E-state index in [2.05, 4.69) is 17.4 Å². The van der Waals surface area contributed by atoms with Crippen molar-refractivity contribution in [1.82, 2.24) is 0 Å². The Balaban J connectivity index is 2.08. The standard InChI is InChI=1S/C13H18N2O/c1-2-12(14)13(16)15-11-7-6-9-4-3-5-10(9)8-11/h6-8,12H,2-5,14H2,1H3,(H,15,16)/t12-/m0/s1. The smallest absolute Gasteiger partial charge is 0.241 e. The van der Waals surface area contributed by atoms with E-state index in [-0.39, 0.29) is 5.91 Å². The summed E-state index contributed by atoms with van der Waals surface area (Å²) in [7, 11) is 0. The van der Waals surface area contributed by atoms with E-state index in [1.54, 1.807) is 0 Å². The maximum Gasteiger partial charge on any atom is 0.241 e. The average Bonchev–Trinajstić information content (AvgIpc) is 2.75. The minimum absolute atomic E-state index is 0.0968. The SMILES string of the molecule is CC[C@H](N)C(=O)Nc1ccc2c(c1)CCC2. The van der Waals surface area contributed by atoms with Gasteiger partial charge in [-0.2, -0.15) is 0 Å². The van der Waals surface area contributed by atoms with E-state index in [9.17, 15) is 4.79 Å². The lowest BCUT2D eigenvalue weighted by Crippen LogP contribution is -2.34. The van der Waals surface area contributed by atoms with Crippen molar-refractivity contribution in [3.63, 3.8) is 0 Å². The molecular formula is C13H18N2O. The van der Waals surface area contributed by atoms with Gasteiger partial charge in [-0.1, -0.05) is 13.0 Å². The zero-order valence-electron chi connectivity index (χ0n) is 9.62. The normalized spacial score (nSPS) is 15.6. The van der Waals surface area contributed by atoms with Crippen LogP contribution in [-0.2, 0) is 17.6 Å². The highest BCUT2D eigenvalue weighted by molar-refractivity contribution is 5.94. The number of hydrogen-bond acceptors (Lipinski definition) is 2. The number of anilines is 1. The summed E-state index contributed by atoms with van der Waals surface area (Å²) in [5.74, 6) is -0.0968. The second-order valence-corrected chi connectivity index (χ2v) is 4.34. The minimum atomic E-state index is -0.409. The first kappa shape index (κ1) is 11.1. The van der Waals surface area contributed by atoms with Crippen molar-refractivity contribution >= 4 is 11.6 Å². The largest absolute Gasteiger partial charge is 0.325 e. The third kappa shape index (κ3) is 2.25. The van der Waals surface area contributed by atoms with Gasteiger partial charge in [-0.3, -0.25) is 4.79 Å². The first-order valence-corrected chi connectivity index (χ1v) is 5.89. The van der Waals surface area contributed by atoms with E-state index in [1.165, 1.54) is 17.5 Å². The van der Waals surface area contributed by atoms with Crippen LogP contribution in [0.1, 0.15) is 30.9 Å². The average molecular weight is 218 g/mol. The van der Waals surface area contributed by atoms with Gasteiger partial charge in [-0.05, 0) is 48.9 Å². The molecule has 0 fully saturated rings. The predicted octanol–water partition coefficient (Wildman–Crippen LogP) is 1.85. The van der Waals surface area contributed by atoms with E-state index in [1.807, 2.05) is 13.0 Å². The van der Waals surface area contributed by atoms with Crippen LogP contribution in [0.25, 0.3) is 0 Å². The molecule has 1 amide bonds. The van der Waals surface area contributed by atoms with Gasteiger partial charge in [0, 0.05) is 5.69 Å². The first-order chi connectivity index (χ1) is 7.70. The molecule has 0 saturated heterocycles. The number of benzene rings is 1. The van der Waals surface area contributed by atoms with E-state index in [0.717, 1.165) is 18.5 Å². The molecule has 1 aromatic carbocycles. The molecule has 0 heterocycles. The monoisotopic (exact) mass is 218 g/mol. The lowest BCUT2D eigenvalue weighted by molar-refractivity contribution is -0.117. The number of hydrogen-bond donors (Lipinski definition) is 2. The van der Waals surface area contributed by atoms with Crippen molar-refractivity contribution in [3.05, 3.63) is 29.3 Å². The molecule has 0 aliphatic heterocycles. The summed E-state index contributed by atoms with van der Waals surface area (Å²) < 4.78 is 0. The number of nitrogens with one attached hydrogen (secondary N) is 1. The molecule has 1 atom stereocenters. The maximum absolute atomic E-state index is 11.6. The van der Waals surface area contributed by atoms with E-state index in [0.29, 0.717) is 6.42 Å². The highest BCUT2D eigenvalue weighted by Gasteiger charge is 2.14. The molecule has 0 aromatic heterocycles. The van der Waals surface area contributed by atoms with Gasteiger partial charge in [-0.25, -0.2) is 0 Å². The fourth-order valence-electron chi connectivity index (χ4n) is 2.07. The van der Waals surface area contributed by atoms with Gasteiger partial charge in [0.15, 0.2) is 0 Å². The summed E-state index contributed by atoms with van der Waals surface area (Å²) in [5.41, 5.74) is 9.31. The zero-order chi connectivity index (χ0) is 11.5. The van der Waals surface area contributed by atoms with Crippen molar-refractivity contribution in [3.8, 4) is 0 Å². The van der Waals surface area contributed by atoms with Gasteiger partial charge in [0.2, 0.25) is 5.91 Å². The second kappa shape index (κ2) is 4.66. The van der Waals surface area contributed by atoms with Gasteiger partial charge in [0.05, 0.1) is 6.04 Å². The molecule has 3 nitrogen and oxygen atoms in total. The van der Waals surface area contributed by atoms with Gasteiger partial charge in [0.1, 0.15) is 0 Å². The van der Waals surface area contributed by atoms with Crippen LogP contribution in [0.4, 0.5) is 5.69 Å². The second-order valence-electron chi connectivity index (χ2n) is 4.34. The fraction of sp³-hybridized carbons (Fsp3) is 0.462. The number of carbonyl (C=O) groups excluding carboxylic acids is 1. The minimum Gasteiger partial charge on any atom is -0.325 e. The van der Waals surface area contributed by atoms with Crippen molar-refractivity contribution < 1.29 is 4.79 Å². The van der Waals surface area contributed by atoms with Crippen molar-refractivity contribution in [2.24, 2.45) is 5.73 Å². The molecule has 2 rings (SSSR count). The van der Waals surface area contributed by atoms with Crippen LogP contribution >= 0.6 is 0 Å². The Morgan fingerprint density at radius 2 is 2.19 bits per heavy atom. The van der Waals surface area contributed by atoms with Crippen LogP contribution in [0.2, 0.25) is 0 Å². The number of rotatable bonds is 3. The Kier molecular flexibility index (Phi) is 3.25. The Labute approximate surface area is 96.0 Å². The zero-order valence-corrected chi connectivity index (χ0v) is 9.62. The van der Waals surface area contributed by atoms with Gasteiger partial charge >= 0.3 is 0 Å². The summed E-state index contributed by atoms with van der Waals surface area (Å²) in [6.07, 6.45) is 4.18. The maximum atomic E-state index is 11.6. The molecule has 86 valence electrons. The molecule has 0 radical (unpaired) electrons. The molecule has 0 unspecified atom stereocenters. The summed E-state index contributed by atoms with van der Waals surface area (Å²) in [4.78, 5) is 11.6. The Bertz CT molecular complexity index is 401. The number of aryl methyl sites for hydroxylation is 2. The number of fused-ring (bicyclic) bond motifs is 1. The van der Waals surface area contributed by atoms with Gasteiger partial charge in [0.25, 0.3) is 0 Å². The predicted molar refractivity (Wildman–Crippen MR) is 65.4 cm³/mol. The van der Waals surface area contributed by atoms with Crippen LogP contribution in [0.5, 0.6) is 0 Å². The van der Waals surface area contributed by atoms with Crippen molar-refractivity contribution in [2.75, 3.05) is 5.32 Å². The number of carbonyl (C=O) groups is 1. The quantitative estimate of drug-likeness (QED) is 0.813. The van der Waals surface area contributed by atoms with E-state index in [4.69, 9.17) is 5.73 Å². The van der Waals surface area contributed by atoms with Crippen LogP contribution in [0.3, 0.4) is 0 Å². The molecule has 3 heteroatoms. The lowest BCUT2D eigenvalue weighted by Gasteiger charge is -2.11. The van der Waals surface area contributed by atoms with Crippen molar-refractivity contribution in [2.45, 2.75) is 38.6 Å². The van der Waals surface area contributed by atoms with E-state index < -0.39 is 6.04 Å².